The molecule has 1 aromatic heterocycles. The van der Waals surface area contributed by atoms with Gasteiger partial charge in [0.15, 0.2) is 0 Å². The number of aryl methyl sites for hydroxylation is 1. The van der Waals surface area contributed by atoms with Crippen molar-refractivity contribution in [3.63, 3.8) is 0 Å². The van der Waals surface area contributed by atoms with Crippen molar-refractivity contribution < 1.29 is 25.9 Å². The summed E-state index contributed by atoms with van der Waals surface area (Å²) < 4.78 is 7.03. The van der Waals surface area contributed by atoms with Crippen LogP contribution in [0.1, 0.15) is 24.0 Å². The van der Waals surface area contributed by atoms with Crippen molar-refractivity contribution in [2.45, 2.75) is 39.7 Å². The minimum atomic E-state index is -0.0644. The van der Waals surface area contributed by atoms with Gasteiger partial charge in [-0.1, -0.05) is 6.07 Å². The summed E-state index contributed by atoms with van der Waals surface area (Å²) in [6.07, 6.45) is 9.76. The van der Waals surface area contributed by atoms with E-state index in [4.69, 9.17) is 20.4 Å². The van der Waals surface area contributed by atoms with E-state index in [1.54, 1.807) is 25.1 Å². The van der Waals surface area contributed by atoms with Crippen LogP contribution < -0.4 is 31.8 Å². The number of aliphatic imine (C=N–C) groups is 1. The van der Waals surface area contributed by atoms with Gasteiger partial charge in [-0.05, 0) is 6.92 Å². The number of rotatable bonds is 6. The second-order valence-corrected chi connectivity index (χ2v) is 12.5. The first-order valence-electron chi connectivity index (χ1n) is 10.0. The molecule has 6 nitrogen and oxygen atoms in total. The number of nitrogens with two attached hydrogens (primary N) is 1. The molecule has 1 fully saturated rings. The number of hydrogen-bond acceptors (Lipinski definition) is 7. The first-order chi connectivity index (χ1) is 14.6. The molecule has 2 N–H and O–H groups in total. The molecule has 160 valence electrons. The van der Waals surface area contributed by atoms with Crippen molar-refractivity contribution in [3.05, 3.63) is 54.0 Å². The standard InChI is InChI=1S/C22H27IN5OS/c1-16-4-3-5-18(17(16)14-29-2)30-21-13-25-20(12-26-21)28-10-7-22(8-11-28)15-27-19(23-22)6-9-24/h3-6,9,12-13H,7-8,10-11,14-15,24H2,1-2H3/q-1/b9-6-. The fraction of sp³-hybridized carbons (Fsp3) is 0.409. The molecule has 2 aliphatic rings. The number of aromatic nitrogens is 2. The summed E-state index contributed by atoms with van der Waals surface area (Å²) in [5.41, 5.74) is 7.99. The van der Waals surface area contributed by atoms with Gasteiger partial charge in [0.2, 0.25) is 0 Å². The zero-order chi connectivity index (χ0) is 21.0. The van der Waals surface area contributed by atoms with Gasteiger partial charge in [-0.3, -0.25) is 0 Å². The molecule has 0 radical (unpaired) electrons. The van der Waals surface area contributed by atoms with Gasteiger partial charge in [0, 0.05) is 7.11 Å². The SMILES string of the molecule is COCc1c(C)cccc1Sc1cnc(N2CCC3(CC2)CN=C(/C=C\N)[I-]3)cn1. The molecule has 4 rings (SSSR count). The zero-order valence-electron chi connectivity index (χ0n) is 17.3. The Morgan fingerprint density at radius 2 is 2.10 bits per heavy atom. The molecule has 1 saturated heterocycles. The van der Waals surface area contributed by atoms with Crippen LogP contribution in [0.3, 0.4) is 0 Å². The summed E-state index contributed by atoms with van der Waals surface area (Å²) in [6.45, 7) is 5.72. The summed E-state index contributed by atoms with van der Waals surface area (Å²) >= 11 is 1.58. The number of allylic oxidation sites excluding steroid dienone is 1. The Kier molecular flexibility index (Phi) is 6.94. The van der Waals surface area contributed by atoms with Crippen molar-refractivity contribution in [1.29, 1.82) is 0 Å². The van der Waals surface area contributed by atoms with E-state index in [-0.39, 0.29) is 21.2 Å². The Labute approximate surface area is 192 Å². The number of methoxy groups -OCH3 is 1. The van der Waals surface area contributed by atoms with E-state index >= 15 is 0 Å². The second kappa shape index (κ2) is 9.65. The van der Waals surface area contributed by atoms with Gasteiger partial charge in [-0.2, -0.15) is 0 Å². The van der Waals surface area contributed by atoms with Crippen LogP contribution in [-0.2, 0) is 11.3 Å². The first kappa shape index (κ1) is 21.6. The average molecular weight is 536 g/mol. The van der Waals surface area contributed by atoms with Gasteiger partial charge < -0.3 is 4.74 Å². The third kappa shape index (κ3) is 4.81. The van der Waals surface area contributed by atoms with Crippen LogP contribution in [-0.4, -0.2) is 43.9 Å². The van der Waals surface area contributed by atoms with Crippen molar-refractivity contribution in [3.8, 4) is 0 Å². The quantitative estimate of drug-likeness (QED) is 0.426. The first-order valence-corrected chi connectivity index (χ1v) is 13.0. The fourth-order valence-corrected chi connectivity index (χ4v) is 7.96. The van der Waals surface area contributed by atoms with Gasteiger partial charge in [0.25, 0.3) is 0 Å². The number of piperidine rings is 1. The molecule has 30 heavy (non-hydrogen) atoms. The van der Waals surface area contributed by atoms with Gasteiger partial charge in [0.1, 0.15) is 0 Å². The van der Waals surface area contributed by atoms with Crippen LogP contribution in [0.2, 0.25) is 0 Å². The molecule has 0 bridgehead atoms. The summed E-state index contributed by atoms with van der Waals surface area (Å²) in [5.74, 6) is 0.967. The molecule has 0 aliphatic carbocycles. The maximum atomic E-state index is 5.54. The number of ether oxygens (including phenoxy) is 1. The average Bonchev–Trinajstić information content (AvgIpc) is 3.14. The monoisotopic (exact) mass is 536 g/mol. The Bertz CT molecular complexity index is 939. The molecule has 1 spiro atoms. The number of alkyl halides is 1. The van der Waals surface area contributed by atoms with Crippen molar-refractivity contribution >= 4 is 21.3 Å². The van der Waals surface area contributed by atoms with E-state index in [1.165, 1.54) is 32.6 Å². The normalized spacial score (nSPS) is 18.6. The maximum absolute atomic E-state index is 5.54. The molecule has 1 aromatic carbocycles. The second-order valence-electron chi connectivity index (χ2n) is 7.53. The molecular formula is C22H27IN5OS-. The minimum absolute atomic E-state index is 0.0644. The Morgan fingerprint density at radius 3 is 2.80 bits per heavy atom. The molecular weight excluding hydrogens is 509 g/mol. The molecule has 2 aliphatic heterocycles. The molecule has 0 amide bonds. The Hall–Kier alpha value is -1.65. The van der Waals surface area contributed by atoms with E-state index in [9.17, 15) is 0 Å². The predicted molar refractivity (Wildman–Crippen MR) is 118 cm³/mol. The third-order valence-corrected chi connectivity index (χ3v) is 10.4. The summed E-state index contributed by atoms with van der Waals surface area (Å²) in [6, 6.07) is 6.31. The van der Waals surface area contributed by atoms with E-state index in [2.05, 4.69) is 35.0 Å². The van der Waals surface area contributed by atoms with Crippen LogP contribution in [0, 0.1) is 6.92 Å². The van der Waals surface area contributed by atoms with E-state index < -0.39 is 0 Å². The van der Waals surface area contributed by atoms with Crippen LogP contribution in [0.25, 0.3) is 0 Å². The van der Waals surface area contributed by atoms with Crippen LogP contribution in [0.15, 0.2) is 57.8 Å². The number of benzene rings is 1. The summed E-state index contributed by atoms with van der Waals surface area (Å²) in [4.78, 5) is 17.7. The predicted octanol–water partition coefficient (Wildman–Crippen LogP) is 0.395. The van der Waals surface area contributed by atoms with Gasteiger partial charge in [-0.25, -0.2) is 0 Å². The molecule has 8 heteroatoms. The van der Waals surface area contributed by atoms with Crippen molar-refractivity contribution in [2.24, 2.45) is 10.7 Å². The number of nitrogens with zero attached hydrogens (tertiary/aromatic N) is 4. The molecule has 0 atom stereocenters. The molecule has 2 aromatic rings. The number of anilines is 1. The third-order valence-electron chi connectivity index (χ3n) is 5.51. The number of hydrogen-bond donors (Lipinski definition) is 1. The Morgan fingerprint density at radius 1 is 1.27 bits per heavy atom. The van der Waals surface area contributed by atoms with Crippen molar-refractivity contribution in [2.75, 3.05) is 31.6 Å². The van der Waals surface area contributed by atoms with Crippen LogP contribution in [0.5, 0.6) is 0 Å². The molecule has 0 saturated carbocycles. The van der Waals surface area contributed by atoms with E-state index in [1.807, 2.05) is 18.5 Å². The van der Waals surface area contributed by atoms with Gasteiger partial charge >= 0.3 is 168 Å². The summed E-state index contributed by atoms with van der Waals surface area (Å²) in [5, 5.41) is 0.906. The summed E-state index contributed by atoms with van der Waals surface area (Å²) in [7, 11) is 1.73. The fourth-order valence-electron chi connectivity index (χ4n) is 3.77. The van der Waals surface area contributed by atoms with Crippen LogP contribution in [0.4, 0.5) is 5.82 Å². The van der Waals surface area contributed by atoms with Gasteiger partial charge in [-0.15, -0.1) is 0 Å². The van der Waals surface area contributed by atoms with E-state index in [0.717, 1.165) is 30.5 Å². The number of halogens is 1. The topological polar surface area (TPSA) is 76.6 Å². The molecule has 0 unspecified atom stereocenters. The Balaban J connectivity index is 1.38. The molecule has 3 heterocycles. The van der Waals surface area contributed by atoms with Crippen LogP contribution >= 0.6 is 11.8 Å². The zero-order valence-corrected chi connectivity index (χ0v) is 20.3. The van der Waals surface area contributed by atoms with E-state index in [0.29, 0.717) is 10.0 Å². The van der Waals surface area contributed by atoms with Crippen molar-refractivity contribution in [1.82, 2.24) is 9.97 Å². The van der Waals surface area contributed by atoms with Gasteiger partial charge in [0.05, 0.1) is 0 Å².